The van der Waals surface area contributed by atoms with Crippen molar-refractivity contribution in [2.75, 3.05) is 32.2 Å². The van der Waals surface area contributed by atoms with Crippen LogP contribution < -0.4 is 15.4 Å². The van der Waals surface area contributed by atoms with Crippen molar-refractivity contribution in [2.24, 2.45) is 4.99 Å². The van der Waals surface area contributed by atoms with Crippen LogP contribution in [0.1, 0.15) is 30.2 Å². The minimum Gasteiger partial charge on any atom is -0.493 e. The van der Waals surface area contributed by atoms with Gasteiger partial charge in [-0.25, -0.2) is 9.98 Å². The maximum atomic E-state index is 5.75. The minimum absolute atomic E-state index is 0.563. The Morgan fingerprint density at radius 2 is 2.15 bits per heavy atom. The zero-order chi connectivity index (χ0) is 18.6. The second-order valence-electron chi connectivity index (χ2n) is 5.62. The summed E-state index contributed by atoms with van der Waals surface area (Å²) in [5, 5.41) is 7.61. The van der Waals surface area contributed by atoms with E-state index < -0.39 is 0 Å². The van der Waals surface area contributed by atoms with Crippen molar-refractivity contribution in [1.82, 2.24) is 10.3 Å². The lowest BCUT2D eigenvalue weighted by Crippen LogP contribution is -2.30. The van der Waals surface area contributed by atoms with Crippen molar-refractivity contribution in [2.45, 2.75) is 33.2 Å². The van der Waals surface area contributed by atoms with Gasteiger partial charge in [-0.15, -0.1) is 11.3 Å². The van der Waals surface area contributed by atoms with Crippen molar-refractivity contribution in [3.8, 4) is 5.75 Å². The van der Waals surface area contributed by atoms with E-state index in [2.05, 4.69) is 27.5 Å². The van der Waals surface area contributed by atoms with E-state index in [1.165, 1.54) is 4.88 Å². The van der Waals surface area contributed by atoms with E-state index in [9.17, 15) is 0 Å². The lowest BCUT2D eigenvalue weighted by atomic mass is 10.3. The topological polar surface area (TPSA) is 67.8 Å². The Labute approximate surface area is 159 Å². The van der Waals surface area contributed by atoms with Gasteiger partial charge >= 0.3 is 0 Å². The number of rotatable bonds is 10. The highest BCUT2D eigenvalue weighted by Gasteiger charge is 2.04. The predicted octanol–water partition coefficient (Wildman–Crippen LogP) is 3.70. The number of aryl methyl sites for hydroxylation is 1. The van der Waals surface area contributed by atoms with Crippen LogP contribution in [0.25, 0.3) is 0 Å². The van der Waals surface area contributed by atoms with Crippen LogP contribution >= 0.6 is 11.3 Å². The minimum atomic E-state index is 0.563. The first-order valence-corrected chi connectivity index (χ1v) is 9.77. The number of anilines is 1. The molecular weight excluding hydrogens is 348 g/mol. The molecule has 0 fully saturated rings. The van der Waals surface area contributed by atoms with Crippen molar-refractivity contribution >= 4 is 23.0 Å². The molecule has 1 aromatic carbocycles. The van der Waals surface area contributed by atoms with E-state index in [1.807, 2.05) is 37.4 Å². The number of ether oxygens (including phenoxy) is 2. The van der Waals surface area contributed by atoms with Gasteiger partial charge in [-0.05, 0) is 25.5 Å². The zero-order valence-electron chi connectivity index (χ0n) is 15.7. The average molecular weight is 377 g/mol. The number of aliphatic imine (C=N–C) groups is 1. The molecule has 0 radical (unpaired) electrons. The summed E-state index contributed by atoms with van der Waals surface area (Å²) in [6, 6.07) is 7.88. The number of hydrogen-bond acceptors (Lipinski definition) is 5. The van der Waals surface area contributed by atoms with Gasteiger partial charge in [-0.1, -0.05) is 13.0 Å². The highest BCUT2D eigenvalue weighted by molar-refractivity contribution is 7.11. The summed E-state index contributed by atoms with van der Waals surface area (Å²) in [6.07, 6.45) is 3.81. The second-order valence-corrected chi connectivity index (χ2v) is 6.82. The summed E-state index contributed by atoms with van der Waals surface area (Å²) in [4.78, 5) is 10.3. The number of hydrogen-bond donors (Lipinski definition) is 2. The average Bonchev–Trinajstić information content (AvgIpc) is 3.12. The number of guanidine groups is 1. The molecule has 0 aliphatic rings. The van der Waals surface area contributed by atoms with Crippen molar-refractivity contribution in [3.63, 3.8) is 0 Å². The van der Waals surface area contributed by atoms with Gasteiger partial charge < -0.3 is 20.1 Å². The molecule has 0 bridgehead atoms. The smallest absolute Gasteiger partial charge is 0.196 e. The first-order chi connectivity index (χ1) is 12.7. The molecule has 0 saturated carbocycles. The van der Waals surface area contributed by atoms with Crippen LogP contribution in [0.5, 0.6) is 5.75 Å². The third kappa shape index (κ3) is 7.01. The summed E-state index contributed by atoms with van der Waals surface area (Å²) in [5.74, 6) is 1.56. The Hall–Kier alpha value is -2.12. The SMILES string of the molecule is CCNC(=NCc1ncc(CC)s1)Nc1cccc(OCCCOC)c1. The van der Waals surface area contributed by atoms with Crippen LogP contribution in [-0.4, -0.2) is 37.8 Å². The molecule has 0 aliphatic carbocycles. The number of nitrogens with zero attached hydrogens (tertiary/aromatic N) is 2. The van der Waals surface area contributed by atoms with Gasteiger partial charge in [-0.3, -0.25) is 0 Å². The third-order valence-corrected chi connectivity index (χ3v) is 4.65. The fraction of sp³-hybridized carbons (Fsp3) is 0.474. The molecule has 0 atom stereocenters. The largest absolute Gasteiger partial charge is 0.493 e. The molecule has 0 spiro atoms. The fourth-order valence-corrected chi connectivity index (χ4v) is 3.02. The molecule has 7 heteroatoms. The van der Waals surface area contributed by atoms with Crippen LogP contribution in [0, 0.1) is 0 Å². The van der Waals surface area contributed by atoms with Crippen LogP contribution in [0.15, 0.2) is 35.5 Å². The van der Waals surface area contributed by atoms with E-state index in [-0.39, 0.29) is 0 Å². The molecule has 142 valence electrons. The maximum Gasteiger partial charge on any atom is 0.196 e. The summed E-state index contributed by atoms with van der Waals surface area (Å²) in [7, 11) is 1.70. The summed E-state index contributed by atoms with van der Waals surface area (Å²) >= 11 is 1.71. The molecule has 2 rings (SSSR count). The fourth-order valence-electron chi connectivity index (χ4n) is 2.23. The molecule has 2 aromatic rings. The van der Waals surface area contributed by atoms with Crippen molar-refractivity contribution in [3.05, 3.63) is 40.3 Å². The Morgan fingerprint density at radius 3 is 2.88 bits per heavy atom. The molecule has 1 heterocycles. The lowest BCUT2D eigenvalue weighted by molar-refractivity contribution is 0.172. The van der Waals surface area contributed by atoms with Gasteiger partial charge in [0, 0.05) is 49.5 Å². The Balaban J connectivity index is 1.96. The first-order valence-electron chi connectivity index (χ1n) is 8.95. The lowest BCUT2D eigenvalue weighted by Gasteiger charge is -2.12. The molecule has 26 heavy (non-hydrogen) atoms. The summed E-state index contributed by atoms with van der Waals surface area (Å²) < 4.78 is 10.8. The molecule has 0 saturated heterocycles. The van der Waals surface area contributed by atoms with E-state index in [4.69, 9.17) is 9.47 Å². The van der Waals surface area contributed by atoms with E-state index in [1.54, 1.807) is 18.4 Å². The quantitative estimate of drug-likeness (QED) is 0.376. The maximum absolute atomic E-state index is 5.75. The number of methoxy groups -OCH3 is 1. The Bertz CT molecular complexity index is 688. The van der Waals surface area contributed by atoms with Crippen molar-refractivity contribution in [1.29, 1.82) is 0 Å². The first kappa shape index (κ1) is 20.2. The monoisotopic (exact) mass is 376 g/mol. The van der Waals surface area contributed by atoms with Gasteiger partial charge in [-0.2, -0.15) is 0 Å². The van der Waals surface area contributed by atoms with Crippen LogP contribution in [0.3, 0.4) is 0 Å². The molecule has 1 aromatic heterocycles. The Morgan fingerprint density at radius 1 is 1.27 bits per heavy atom. The second kappa shape index (κ2) is 11.5. The van der Waals surface area contributed by atoms with Gasteiger partial charge in [0.15, 0.2) is 5.96 Å². The molecule has 0 amide bonds. The number of nitrogens with one attached hydrogen (secondary N) is 2. The van der Waals surface area contributed by atoms with E-state index in [0.717, 1.165) is 41.8 Å². The van der Waals surface area contributed by atoms with Crippen LogP contribution in [0.2, 0.25) is 0 Å². The highest BCUT2D eigenvalue weighted by atomic mass is 32.1. The molecule has 6 nitrogen and oxygen atoms in total. The van der Waals surface area contributed by atoms with Crippen LogP contribution in [0.4, 0.5) is 5.69 Å². The van der Waals surface area contributed by atoms with Crippen molar-refractivity contribution < 1.29 is 9.47 Å². The Kier molecular flexibility index (Phi) is 8.92. The number of benzene rings is 1. The molecule has 0 aliphatic heterocycles. The highest BCUT2D eigenvalue weighted by Crippen LogP contribution is 2.18. The molecular formula is C19H28N4O2S. The standard InChI is InChI=1S/C19H28N4O2S/c1-4-17-13-21-18(26-17)14-22-19(20-5-2)23-15-8-6-9-16(12-15)25-11-7-10-24-3/h6,8-9,12-13H,4-5,7,10-11,14H2,1-3H3,(H2,20,22,23). The summed E-state index contributed by atoms with van der Waals surface area (Å²) in [5.41, 5.74) is 0.933. The molecule has 0 unspecified atom stereocenters. The summed E-state index contributed by atoms with van der Waals surface area (Å²) in [6.45, 7) is 6.87. The van der Waals surface area contributed by atoms with Gasteiger partial charge in [0.1, 0.15) is 10.8 Å². The normalized spacial score (nSPS) is 11.4. The van der Waals surface area contributed by atoms with Crippen LogP contribution in [-0.2, 0) is 17.7 Å². The third-order valence-electron chi connectivity index (χ3n) is 3.52. The van der Waals surface area contributed by atoms with Gasteiger partial charge in [0.2, 0.25) is 0 Å². The zero-order valence-corrected chi connectivity index (χ0v) is 16.6. The van der Waals surface area contributed by atoms with Gasteiger partial charge in [0.05, 0.1) is 13.2 Å². The predicted molar refractivity (Wildman–Crippen MR) is 108 cm³/mol. The van der Waals surface area contributed by atoms with E-state index in [0.29, 0.717) is 19.8 Å². The van der Waals surface area contributed by atoms with Gasteiger partial charge in [0.25, 0.3) is 0 Å². The van der Waals surface area contributed by atoms with E-state index >= 15 is 0 Å². The number of aromatic nitrogens is 1. The number of thiazole rings is 1. The molecule has 2 N–H and O–H groups in total.